The number of nitrogens with one attached hydrogen (secondary N) is 1. The van der Waals surface area contributed by atoms with Gasteiger partial charge in [0.1, 0.15) is 18.1 Å². The van der Waals surface area contributed by atoms with Crippen LogP contribution in [0.5, 0.6) is 5.75 Å². The van der Waals surface area contributed by atoms with Crippen LogP contribution in [-0.4, -0.2) is 49.0 Å². The van der Waals surface area contributed by atoms with E-state index >= 15 is 0 Å². The fraction of sp³-hybridized carbons (Fsp3) is 0.423. The fourth-order valence-corrected chi connectivity index (χ4v) is 4.92. The van der Waals surface area contributed by atoms with Crippen molar-refractivity contribution >= 4 is 11.5 Å². The van der Waals surface area contributed by atoms with Crippen LogP contribution in [0.2, 0.25) is 0 Å². The van der Waals surface area contributed by atoms with Crippen molar-refractivity contribution in [1.29, 1.82) is 0 Å². The highest BCUT2D eigenvalue weighted by Crippen LogP contribution is 2.41. The maximum absolute atomic E-state index is 11.3. The molecule has 0 aromatic heterocycles. The summed E-state index contributed by atoms with van der Waals surface area (Å²) >= 11 is 0. The molecule has 0 radical (unpaired) electrons. The maximum atomic E-state index is 11.3. The number of nitrogens with zero attached hydrogens (tertiary/aromatic N) is 2. The standard InChI is InChI=1S/C26H33N3O2/c1-19(28-27-2)22(17-29-15-9-4-10-16-29)25(20-11-5-3-6-12-20)23-18-31-24-14-8-7-13-21(24)26(23)30/h3,5-8,11-14,22,25,27,30H,4,9-10,15-18H2,1-2H3/b28-19-/t22-,25-/m0/s1. The molecule has 2 atom stereocenters. The lowest BCUT2D eigenvalue weighted by Crippen LogP contribution is -2.40. The Morgan fingerprint density at radius 1 is 1.06 bits per heavy atom. The number of hydrogen-bond donors (Lipinski definition) is 2. The van der Waals surface area contributed by atoms with E-state index in [-0.39, 0.29) is 11.8 Å². The van der Waals surface area contributed by atoms with Crippen molar-refractivity contribution in [2.24, 2.45) is 11.0 Å². The van der Waals surface area contributed by atoms with Gasteiger partial charge >= 0.3 is 0 Å². The molecule has 2 aromatic rings. The summed E-state index contributed by atoms with van der Waals surface area (Å²) in [6.07, 6.45) is 3.80. The molecule has 0 unspecified atom stereocenters. The fourth-order valence-electron chi connectivity index (χ4n) is 4.92. The predicted octanol–water partition coefficient (Wildman–Crippen LogP) is 4.83. The first-order valence-electron chi connectivity index (χ1n) is 11.3. The lowest BCUT2D eigenvalue weighted by Gasteiger charge is -2.37. The summed E-state index contributed by atoms with van der Waals surface area (Å²) in [5.41, 5.74) is 6.90. The average Bonchev–Trinajstić information content (AvgIpc) is 2.82. The third kappa shape index (κ3) is 4.77. The molecule has 5 heteroatoms. The number of rotatable bonds is 7. The summed E-state index contributed by atoms with van der Waals surface area (Å²) in [7, 11) is 1.84. The Labute approximate surface area is 185 Å². The first kappa shape index (κ1) is 21.4. The summed E-state index contributed by atoms with van der Waals surface area (Å²) in [5.74, 6) is 1.19. The van der Waals surface area contributed by atoms with E-state index < -0.39 is 0 Å². The minimum Gasteiger partial charge on any atom is -0.507 e. The third-order valence-electron chi connectivity index (χ3n) is 6.49. The molecule has 2 heterocycles. The van der Waals surface area contributed by atoms with Crippen LogP contribution in [0, 0.1) is 5.92 Å². The van der Waals surface area contributed by atoms with Crippen molar-refractivity contribution in [2.75, 3.05) is 33.3 Å². The van der Waals surface area contributed by atoms with Gasteiger partial charge in [0.15, 0.2) is 0 Å². The van der Waals surface area contributed by atoms with Crippen molar-refractivity contribution in [3.8, 4) is 5.75 Å². The Kier molecular flexibility index (Phi) is 6.92. The van der Waals surface area contributed by atoms with Crippen LogP contribution in [0.1, 0.15) is 43.2 Å². The molecule has 0 saturated carbocycles. The van der Waals surface area contributed by atoms with Gasteiger partial charge in [-0.05, 0) is 50.6 Å². The van der Waals surface area contributed by atoms with Crippen LogP contribution in [0.3, 0.4) is 0 Å². The Bertz CT molecular complexity index is 933. The van der Waals surface area contributed by atoms with E-state index in [1.165, 1.54) is 24.8 Å². The SMILES string of the molecule is CN/N=C(/C)[C@H](CN1CCCCC1)[C@@H](C1=C(O)c2ccccc2OC1)c1ccccc1. The van der Waals surface area contributed by atoms with Gasteiger partial charge in [-0.25, -0.2) is 0 Å². The van der Waals surface area contributed by atoms with Crippen molar-refractivity contribution in [2.45, 2.75) is 32.1 Å². The number of aliphatic hydroxyl groups is 1. The van der Waals surface area contributed by atoms with E-state index in [0.717, 1.165) is 42.2 Å². The molecule has 1 saturated heterocycles. The van der Waals surface area contributed by atoms with E-state index in [1.807, 2.05) is 37.4 Å². The summed E-state index contributed by atoms with van der Waals surface area (Å²) in [5, 5.41) is 15.9. The molecule has 2 aliphatic heterocycles. The van der Waals surface area contributed by atoms with Gasteiger partial charge in [-0.15, -0.1) is 0 Å². The van der Waals surface area contributed by atoms with Gasteiger partial charge in [0.05, 0.1) is 5.56 Å². The van der Waals surface area contributed by atoms with Gasteiger partial charge in [0, 0.05) is 36.7 Å². The number of aliphatic hydroxyl groups excluding tert-OH is 1. The van der Waals surface area contributed by atoms with E-state index in [2.05, 4.69) is 46.6 Å². The second-order valence-corrected chi connectivity index (χ2v) is 8.49. The highest BCUT2D eigenvalue weighted by atomic mass is 16.5. The number of benzene rings is 2. The second kappa shape index (κ2) is 10.0. The molecule has 31 heavy (non-hydrogen) atoms. The molecule has 5 nitrogen and oxygen atoms in total. The summed E-state index contributed by atoms with van der Waals surface area (Å²) in [6.45, 7) is 5.63. The molecule has 2 N–H and O–H groups in total. The summed E-state index contributed by atoms with van der Waals surface area (Å²) < 4.78 is 6.10. The van der Waals surface area contributed by atoms with E-state index in [4.69, 9.17) is 4.74 Å². The second-order valence-electron chi connectivity index (χ2n) is 8.49. The first-order chi connectivity index (χ1) is 15.2. The molecule has 0 bridgehead atoms. The van der Waals surface area contributed by atoms with Crippen LogP contribution >= 0.6 is 0 Å². The molecular weight excluding hydrogens is 386 g/mol. The quantitative estimate of drug-likeness (QED) is 0.499. The highest BCUT2D eigenvalue weighted by molar-refractivity contribution is 5.86. The summed E-state index contributed by atoms with van der Waals surface area (Å²) in [4.78, 5) is 2.55. The molecular formula is C26H33N3O2. The van der Waals surface area contributed by atoms with Crippen molar-refractivity contribution in [3.05, 3.63) is 71.3 Å². The van der Waals surface area contributed by atoms with Gasteiger partial charge in [0.25, 0.3) is 0 Å². The van der Waals surface area contributed by atoms with Gasteiger partial charge in [-0.2, -0.15) is 5.10 Å². The van der Waals surface area contributed by atoms with E-state index in [9.17, 15) is 5.11 Å². The average molecular weight is 420 g/mol. The van der Waals surface area contributed by atoms with Gasteiger partial charge in [-0.3, -0.25) is 0 Å². The normalized spacial score (nSPS) is 19.4. The Morgan fingerprint density at radius 2 is 1.77 bits per heavy atom. The zero-order valence-electron chi connectivity index (χ0n) is 18.6. The van der Waals surface area contributed by atoms with Crippen LogP contribution in [0.25, 0.3) is 5.76 Å². The molecule has 2 aromatic carbocycles. The Morgan fingerprint density at radius 3 is 2.52 bits per heavy atom. The largest absolute Gasteiger partial charge is 0.507 e. The number of hydrazone groups is 1. The number of ether oxygens (including phenoxy) is 1. The first-order valence-corrected chi connectivity index (χ1v) is 11.3. The molecule has 4 rings (SSSR count). The van der Waals surface area contributed by atoms with Crippen molar-refractivity contribution in [1.82, 2.24) is 10.3 Å². The number of likely N-dealkylation sites (tertiary alicyclic amines) is 1. The molecule has 0 aliphatic carbocycles. The van der Waals surface area contributed by atoms with E-state index in [0.29, 0.717) is 12.4 Å². The molecule has 1 fully saturated rings. The van der Waals surface area contributed by atoms with Gasteiger partial charge in [0.2, 0.25) is 0 Å². The molecule has 164 valence electrons. The molecule has 0 amide bonds. The zero-order valence-corrected chi connectivity index (χ0v) is 18.6. The molecule has 0 spiro atoms. The monoisotopic (exact) mass is 419 g/mol. The number of hydrogen-bond acceptors (Lipinski definition) is 5. The maximum Gasteiger partial charge on any atom is 0.130 e. The third-order valence-corrected chi connectivity index (χ3v) is 6.49. The number of para-hydroxylation sites is 1. The van der Waals surface area contributed by atoms with Crippen LogP contribution in [-0.2, 0) is 0 Å². The highest BCUT2D eigenvalue weighted by Gasteiger charge is 2.35. The Hall–Kier alpha value is -2.79. The number of piperidine rings is 1. The van der Waals surface area contributed by atoms with Crippen molar-refractivity contribution < 1.29 is 9.84 Å². The zero-order chi connectivity index (χ0) is 21.6. The lowest BCUT2D eigenvalue weighted by molar-refractivity contribution is 0.204. The van der Waals surface area contributed by atoms with Crippen LogP contribution in [0.4, 0.5) is 0 Å². The van der Waals surface area contributed by atoms with Gasteiger partial charge < -0.3 is 20.2 Å². The smallest absolute Gasteiger partial charge is 0.130 e. The van der Waals surface area contributed by atoms with E-state index in [1.54, 1.807) is 0 Å². The Balaban J connectivity index is 1.80. The van der Waals surface area contributed by atoms with Crippen molar-refractivity contribution in [3.63, 3.8) is 0 Å². The van der Waals surface area contributed by atoms with Crippen LogP contribution < -0.4 is 10.2 Å². The van der Waals surface area contributed by atoms with Crippen LogP contribution in [0.15, 0.2) is 65.3 Å². The lowest BCUT2D eigenvalue weighted by atomic mass is 9.76. The molecule has 2 aliphatic rings. The minimum atomic E-state index is -0.0198. The predicted molar refractivity (Wildman–Crippen MR) is 127 cm³/mol. The minimum absolute atomic E-state index is 0.0198. The summed E-state index contributed by atoms with van der Waals surface area (Å²) in [6, 6.07) is 18.2. The topological polar surface area (TPSA) is 57.1 Å². The van der Waals surface area contributed by atoms with Gasteiger partial charge in [-0.1, -0.05) is 48.9 Å². The number of fused-ring (bicyclic) bond motifs is 1.